The third kappa shape index (κ3) is 6.26. The first-order valence-electron chi connectivity index (χ1n) is 6.96. The van der Waals surface area contributed by atoms with Gasteiger partial charge in [-0.15, -0.1) is 0 Å². The molecular formula is C12H27NO4PS2+. The molecule has 0 spiro atoms. The maximum absolute atomic E-state index is 11.7. The standard InChI is InChI=1S/C12H26NO4PS2/c1-13(2,3)10-12(14,18(15,16)17)20-19-11-8-6-4-5-7-9-11/h11,14H,4-10H2,1-3H3,(H-,15,16,17)/p+1. The predicted octanol–water partition coefficient (Wildman–Crippen LogP) is 2.62. The normalized spacial score (nSPS) is 22.3. The molecule has 8 heteroatoms. The highest BCUT2D eigenvalue weighted by Gasteiger charge is 2.51. The zero-order chi connectivity index (χ0) is 15.4. The molecule has 0 bridgehead atoms. The van der Waals surface area contributed by atoms with Gasteiger partial charge in [0.15, 0.2) is 0 Å². The van der Waals surface area contributed by atoms with Crippen molar-refractivity contribution in [2.45, 2.75) is 48.4 Å². The van der Waals surface area contributed by atoms with E-state index in [-0.39, 0.29) is 6.54 Å². The van der Waals surface area contributed by atoms with Crippen LogP contribution in [0.2, 0.25) is 0 Å². The molecule has 120 valence electrons. The molecule has 5 nitrogen and oxygen atoms in total. The van der Waals surface area contributed by atoms with Crippen molar-refractivity contribution in [3.63, 3.8) is 0 Å². The maximum Gasteiger partial charge on any atom is 0.374 e. The first-order chi connectivity index (χ1) is 9.04. The van der Waals surface area contributed by atoms with Crippen LogP contribution in [0.5, 0.6) is 0 Å². The van der Waals surface area contributed by atoms with E-state index in [1.54, 1.807) is 0 Å². The monoisotopic (exact) mass is 344 g/mol. The zero-order valence-electron chi connectivity index (χ0n) is 12.5. The van der Waals surface area contributed by atoms with Crippen LogP contribution < -0.4 is 0 Å². The van der Waals surface area contributed by atoms with Gasteiger partial charge in [-0.05, 0) is 23.6 Å². The van der Waals surface area contributed by atoms with Gasteiger partial charge >= 0.3 is 7.60 Å². The Morgan fingerprint density at radius 1 is 1.15 bits per heavy atom. The lowest BCUT2D eigenvalue weighted by molar-refractivity contribution is -0.873. The number of hydrogen-bond donors (Lipinski definition) is 3. The summed E-state index contributed by atoms with van der Waals surface area (Å²) in [4.78, 5) is 19.0. The molecule has 1 rings (SSSR count). The van der Waals surface area contributed by atoms with E-state index in [1.807, 2.05) is 21.1 Å². The van der Waals surface area contributed by atoms with Gasteiger partial charge in [-0.2, -0.15) is 0 Å². The molecule has 0 saturated heterocycles. The molecule has 1 aliphatic rings. The van der Waals surface area contributed by atoms with Crippen molar-refractivity contribution in [3.8, 4) is 0 Å². The largest absolute Gasteiger partial charge is 0.374 e. The molecule has 1 atom stereocenters. The second-order valence-electron chi connectivity index (χ2n) is 6.53. The Kier molecular flexibility index (Phi) is 6.92. The molecule has 0 heterocycles. The Balaban J connectivity index is 2.67. The third-order valence-corrected chi connectivity index (χ3v) is 8.83. The summed E-state index contributed by atoms with van der Waals surface area (Å²) in [5.74, 6) is 0. The van der Waals surface area contributed by atoms with E-state index in [2.05, 4.69) is 0 Å². The van der Waals surface area contributed by atoms with Gasteiger partial charge in [-0.25, -0.2) is 0 Å². The van der Waals surface area contributed by atoms with E-state index in [4.69, 9.17) is 0 Å². The van der Waals surface area contributed by atoms with E-state index < -0.39 is 12.3 Å². The topological polar surface area (TPSA) is 77.8 Å². The van der Waals surface area contributed by atoms with Crippen LogP contribution in [0.3, 0.4) is 0 Å². The fourth-order valence-corrected chi connectivity index (χ4v) is 7.39. The van der Waals surface area contributed by atoms with Crippen LogP contribution >= 0.6 is 29.2 Å². The summed E-state index contributed by atoms with van der Waals surface area (Å²) < 4.78 is 9.97. The highest BCUT2D eigenvalue weighted by atomic mass is 33.1. The van der Waals surface area contributed by atoms with Gasteiger partial charge in [-0.1, -0.05) is 36.5 Å². The van der Waals surface area contributed by atoms with E-state index in [9.17, 15) is 19.5 Å². The second-order valence-corrected chi connectivity index (χ2v) is 11.4. The van der Waals surface area contributed by atoms with Crippen molar-refractivity contribution in [3.05, 3.63) is 0 Å². The Labute approximate surface area is 129 Å². The molecule has 0 aromatic rings. The minimum absolute atomic E-state index is 0.0155. The summed E-state index contributed by atoms with van der Waals surface area (Å²) in [6, 6.07) is 0. The van der Waals surface area contributed by atoms with Crippen molar-refractivity contribution in [1.29, 1.82) is 0 Å². The van der Waals surface area contributed by atoms with Crippen LogP contribution in [-0.2, 0) is 4.57 Å². The van der Waals surface area contributed by atoms with Gasteiger partial charge in [0, 0.05) is 5.25 Å². The summed E-state index contributed by atoms with van der Waals surface area (Å²) in [6.07, 6.45) is 6.95. The minimum Gasteiger partial charge on any atom is -0.364 e. The van der Waals surface area contributed by atoms with Crippen LogP contribution in [0.25, 0.3) is 0 Å². The molecule has 3 N–H and O–H groups in total. The molecule has 1 aliphatic carbocycles. The van der Waals surface area contributed by atoms with Gasteiger partial charge < -0.3 is 19.4 Å². The number of likely N-dealkylation sites (N-methyl/N-ethyl adjacent to an activating group) is 1. The van der Waals surface area contributed by atoms with Crippen molar-refractivity contribution in [2.24, 2.45) is 0 Å². The number of rotatable bonds is 6. The Bertz CT molecular complexity index is 350. The number of hydrogen-bond acceptors (Lipinski definition) is 4. The van der Waals surface area contributed by atoms with Crippen molar-refractivity contribution >= 4 is 29.2 Å². The first-order valence-corrected chi connectivity index (χ1v) is 10.8. The van der Waals surface area contributed by atoms with Gasteiger partial charge in [0.2, 0.25) is 0 Å². The number of nitrogens with zero attached hydrogens (tertiary/aromatic N) is 1. The molecule has 0 amide bonds. The van der Waals surface area contributed by atoms with Crippen molar-refractivity contribution < 1.29 is 23.9 Å². The molecule has 20 heavy (non-hydrogen) atoms. The van der Waals surface area contributed by atoms with Crippen LogP contribution in [0.4, 0.5) is 0 Å². The summed E-state index contributed by atoms with van der Waals surface area (Å²) in [7, 11) is 3.29. The van der Waals surface area contributed by atoms with Gasteiger partial charge in [0.05, 0.1) is 21.1 Å². The van der Waals surface area contributed by atoms with E-state index in [0.717, 1.165) is 23.6 Å². The smallest absolute Gasteiger partial charge is 0.364 e. The molecule has 1 unspecified atom stereocenters. The average Bonchev–Trinajstić information content (AvgIpc) is 2.50. The van der Waals surface area contributed by atoms with Gasteiger partial charge in [0.1, 0.15) is 6.54 Å². The molecule has 0 aromatic carbocycles. The lowest BCUT2D eigenvalue weighted by atomic mass is 10.2. The molecular weight excluding hydrogens is 317 g/mol. The lowest BCUT2D eigenvalue weighted by Crippen LogP contribution is -2.47. The summed E-state index contributed by atoms with van der Waals surface area (Å²) >= 11 is 0. The highest BCUT2D eigenvalue weighted by molar-refractivity contribution is 8.78. The number of quaternary nitrogens is 1. The van der Waals surface area contributed by atoms with Gasteiger partial charge in [0.25, 0.3) is 4.67 Å². The summed E-state index contributed by atoms with van der Waals surface area (Å²) in [5, 5.41) is 10.8. The molecule has 0 radical (unpaired) electrons. The Hall–Kier alpha value is 0.770. The quantitative estimate of drug-likeness (QED) is 0.226. The van der Waals surface area contributed by atoms with Gasteiger partial charge in [-0.3, -0.25) is 4.57 Å². The summed E-state index contributed by atoms with van der Waals surface area (Å²) in [5.41, 5.74) is 0. The molecule has 0 aliphatic heterocycles. The fraction of sp³-hybridized carbons (Fsp3) is 1.00. The van der Waals surface area contributed by atoms with E-state index in [0.29, 0.717) is 9.73 Å². The Morgan fingerprint density at radius 2 is 1.65 bits per heavy atom. The predicted molar refractivity (Wildman–Crippen MR) is 86.6 cm³/mol. The van der Waals surface area contributed by atoms with E-state index >= 15 is 0 Å². The van der Waals surface area contributed by atoms with Crippen molar-refractivity contribution in [1.82, 2.24) is 0 Å². The second kappa shape index (κ2) is 7.36. The molecule has 1 fully saturated rings. The Morgan fingerprint density at radius 3 is 2.05 bits per heavy atom. The van der Waals surface area contributed by atoms with Crippen LogP contribution in [0.1, 0.15) is 38.5 Å². The van der Waals surface area contributed by atoms with Crippen molar-refractivity contribution in [2.75, 3.05) is 27.7 Å². The fourth-order valence-electron chi connectivity index (χ4n) is 2.27. The zero-order valence-corrected chi connectivity index (χ0v) is 15.0. The summed E-state index contributed by atoms with van der Waals surface area (Å²) in [6.45, 7) is 0.0155. The van der Waals surface area contributed by atoms with Crippen LogP contribution in [0, 0.1) is 0 Å². The maximum atomic E-state index is 11.7. The van der Waals surface area contributed by atoms with Crippen LogP contribution in [-0.4, -0.2) is 57.0 Å². The highest BCUT2D eigenvalue weighted by Crippen LogP contribution is 2.60. The third-order valence-electron chi connectivity index (χ3n) is 3.26. The number of aliphatic hydroxyl groups is 1. The molecule has 1 saturated carbocycles. The van der Waals surface area contributed by atoms with E-state index in [1.165, 1.54) is 36.5 Å². The first kappa shape index (κ1) is 18.8. The molecule has 0 aromatic heterocycles. The van der Waals surface area contributed by atoms with Crippen LogP contribution in [0.15, 0.2) is 0 Å². The SMILES string of the molecule is C[N+](C)(C)CC(O)(SSC1CCCCCC1)P(=O)(O)O. The average molecular weight is 344 g/mol. The lowest BCUT2D eigenvalue weighted by Gasteiger charge is -2.35. The minimum atomic E-state index is -4.58.